The summed E-state index contributed by atoms with van der Waals surface area (Å²) in [6.45, 7) is 5.61. The molecule has 0 aliphatic carbocycles. The molecule has 1 aromatic carbocycles. The van der Waals surface area contributed by atoms with Crippen LogP contribution in [0, 0.1) is 5.82 Å². The average molecular weight is 354 g/mol. The van der Waals surface area contributed by atoms with Crippen molar-refractivity contribution in [1.29, 1.82) is 0 Å². The topological polar surface area (TPSA) is 63.1 Å². The summed E-state index contributed by atoms with van der Waals surface area (Å²) in [5.41, 5.74) is 2.60. The third kappa shape index (κ3) is 4.70. The Balaban J connectivity index is 0.00000117. The number of ketones is 1. The Labute approximate surface area is 152 Å². The quantitative estimate of drug-likeness (QED) is 0.746. The number of hydrogen-bond donors (Lipinski definition) is 1. The largest absolute Gasteiger partial charge is 0.389 e. The van der Waals surface area contributed by atoms with Crippen molar-refractivity contribution in [2.45, 2.75) is 39.7 Å². The Morgan fingerprint density at radius 1 is 1.19 bits per heavy atom. The first kappa shape index (κ1) is 19.7. The molecule has 0 spiro atoms. The van der Waals surface area contributed by atoms with Crippen LogP contribution in [0.15, 0.2) is 48.9 Å². The van der Waals surface area contributed by atoms with E-state index in [9.17, 15) is 14.3 Å². The first-order valence-electron chi connectivity index (χ1n) is 8.70. The van der Waals surface area contributed by atoms with E-state index >= 15 is 0 Å². The standard InChI is InChI=1S/C19H17FN2O2.C2H6/c1-12(23)19-14(8-16(24)7-13-3-2-6-21-10-13)11-22-18-5-4-15(20)9-17(18)19;1-2/h2-6,9-12,23H,7-8H2,1H3;1-2H3. The number of aliphatic hydroxyl groups is 1. The smallest absolute Gasteiger partial charge is 0.141 e. The first-order valence-corrected chi connectivity index (χ1v) is 8.70. The molecule has 0 aliphatic heterocycles. The van der Waals surface area contributed by atoms with Crippen molar-refractivity contribution in [3.63, 3.8) is 0 Å². The highest BCUT2D eigenvalue weighted by atomic mass is 19.1. The number of halogens is 1. The Hall–Kier alpha value is -2.66. The number of carbonyl (C=O) groups excluding carboxylic acids is 1. The van der Waals surface area contributed by atoms with Crippen molar-refractivity contribution in [2.24, 2.45) is 0 Å². The van der Waals surface area contributed by atoms with Gasteiger partial charge >= 0.3 is 0 Å². The maximum absolute atomic E-state index is 13.6. The molecular weight excluding hydrogens is 331 g/mol. The van der Waals surface area contributed by atoms with Gasteiger partial charge in [0, 0.05) is 36.8 Å². The second-order valence-corrected chi connectivity index (χ2v) is 5.79. The lowest BCUT2D eigenvalue weighted by Crippen LogP contribution is -2.11. The van der Waals surface area contributed by atoms with Crippen molar-refractivity contribution < 1.29 is 14.3 Å². The molecule has 0 amide bonds. The van der Waals surface area contributed by atoms with E-state index in [-0.39, 0.29) is 18.6 Å². The zero-order valence-corrected chi connectivity index (χ0v) is 15.2. The van der Waals surface area contributed by atoms with Crippen molar-refractivity contribution in [3.8, 4) is 0 Å². The molecule has 2 aromatic heterocycles. The van der Waals surface area contributed by atoms with E-state index in [0.717, 1.165) is 5.56 Å². The molecule has 3 aromatic rings. The molecule has 3 rings (SSSR count). The van der Waals surface area contributed by atoms with E-state index in [2.05, 4.69) is 9.97 Å². The third-order valence-corrected chi connectivity index (χ3v) is 3.88. The van der Waals surface area contributed by atoms with Crippen LogP contribution in [-0.4, -0.2) is 20.9 Å². The molecule has 0 aliphatic rings. The number of nitrogens with zero attached hydrogens (tertiary/aromatic N) is 2. The van der Waals surface area contributed by atoms with Crippen LogP contribution >= 0.6 is 0 Å². The fourth-order valence-corrected chi connectivity index (χ4v) is 2.87. The highest BCUT2D eigenvalue weighted by molar-refractivity contribution is 5.87. The Morgan fingerprint density at radius 3 is 2.62 bits per heavy atom. The average Bonchev–Trinajstić information content (AvgIpc) is 2.63. The first-order chi connectivity index (χ1) is 12.5. The van der Waals surface area contributed by atoms with E-state index < -0.39 is 11.9 Å². The Kier molecular flexibility index (Phi) is 6.92. The summed E-state index contributed by atoms with van der Waals surface area (Å²) >= 11 is 0. The summed E-state index contributed by atoms with van der Waals surface area (Å²) in [5.74, 6) is -0.410. The number of Topliss-reactive ketones (excluding diaryl/α,β-unsaturated/α-hetero) is 1. The summed E-state index contributed by atoms with van der Waals surface area (Å²) < 4.78 is 13.6. The summed E-state index contributed by atoms with van der Waals surface area (Å²) in [4.78, 5) is 20.6. The van der Waals surface area contributed by atoms with Gasteiger partial charge in [0.25, 0.3) is 0 Å². The molecule has 5 heteroatoms. The number of fused-ring (bicyclic) bond motifs is 1. The van der Waals surface area contributed by atoms with Gasteiger partial charge in [-0.2, -0.15) is 0 Å². The molecule has 4 nitrogen and oxygen atoms in total. The number of aromatic nitrogens is 2. The van der Waals surface area contributed by atoms with Gasteiger partial charge in [0.05, 0.1) is 11.6 Å². The molecular formula is C21H23FN2O2. The molecule has 0 saturated carbocycles. The lowest BCUT2D eigenvalue weighted by Gasteiger charge is -2.14. The molecule has 26 heavy (non-hydrogen) atoms. The van der Waals surface area contributed by atoms with Crippen LogP contribution in [0.5, 0.6) is 0 Å². The van der Waals surface area contributed by atoms with Gasteiger partial charge in [0.15, 0.2) is 0 Å². The summed E-state index contributed by atoms with van der Waals surface area (Å²) in [5, 5.41) is 10.7. The Bertz CT molecular complexity index is 880. The van der Waals surface area contributed by atoms with Gasteiger partial charge in [-0.1, -0.05) is 19.9 Å². The van der Waals surface area contributed by atoms with Crippen LogP contribution in [0.2, 0.25) is 0 Å². The number of pyridine rings is 2. The predicted octanol–water partition coefficient (Wildman–Crippen LogP) is 4.20. The van der Waals surface area contributed by atoms with Gasteiger partial charge in [0.2, 0.25) is 0 Å². The molecule has 0 saturated heterocycles. The van der Waals surface area contributed by atoms with Crippen molar-refractivity contribution >= 4 is 16.7 Å². The van der Waals surface area contributed by atoms with Crippen LogP contribution in [0.25, 0.3) is 10.9 Å². The number of carbonyl (C=O) groups is 1. The predicted molar refractivity (Wildman–Crippen MR) is 100 cm³/mol. The van der Waals surface area contributed by atoms with Gasteiger partial charge < -0.3 is 5.11 Å². The van der Waals surface area contributed by atoms with Gasteiger partial charge in [-0.05, 0) is 47.9 Å². The second-order valence-electron chi connectivity index (χ2n) is 5.79. The SMILES string of the molecule is CC.CC(O)c1c(CC(=O)Cc2cccnc2)cnc2ccc(F)cc12. The van der Waals surface area contributed by atoms with E-state index in [1.807, 2.05) is 19.9 Å². The third-order valence-electron chi connectivity index (χ3n) is 3.88. The minimum atomic E-state index is -0.821. The van der Waals surface area contributed by atoms with Gasteiger partial charge in [0.1, 0.15) is 11.6 Å². The zero-order chi connectivity index (χ0) is 19.1. The van der Waals surface area contributed by atoms with Gasteiger partial charge in [-0.3, -0.25) is 14.8 Å². The lowest BCUT2D eigenvalue weighted by molar-refractivity contribution is -0.117. The summed E-state index contributed by atoms with van der Waals surface area (Å²) in [6.07, 6.45) is 4.47. The fourth-order valence-electron chi connectivity index (χ4n) is 2.87. The second kappa shape index (κ2) is 9.15. The maximum atomic E-state index is 13.6. The van der Waals surface area contributed by atoms with E-state index in [0.29, 0.717) is 22.0 Å². The Morgan fingerprint density at radius 2 is 1.96 bits per heavy atom. The molecule has 1 atom stereocenters. The highest BCUT2D eigenvalue weighted by Crippen LogP contribution is 2.27. The van der Waals surface area contributed by atoms with Crippen molar-refractivity contribution in [1.82, 2.24) is 9.97 Å². The fraction of sp³-hybridized carbons (Fsp3) is 0.286. The van der Waals surface area contributed by atoms with E-state index in [1.54, 1.807) is 37.6 Å². The zero-order valence-electron chi connectivity index (χ0n) is 15.2. The minimum Gasteiger partial charge on any atom is -0.389 e. The highest BCUT2D eigenvalue weighted by Gasteiger charge is 2.16. The minimum absolute atomic E-state index is 0.0116. The molecule has 1 unspecified atom stereocenters. The molecule has 136 valence electrons. The number of benzene rings is 1. The molecule has 0 bridgehead atoms. The summed E-state index contributed by atoms with van der Waals surface area (Å²) in [7, 11) is 0. The number of hydrogen-bond acceptors (Lipinski definition) is 4. The van der Waals surface area contributed by atoms with Crippen LogP contribution in [0.1, 0.15) is 43.6 Å². The van der Waals surface area contributed by atoms with Crippen LogP contribution in [0.4, 0.5) is 4.39 Å². The molecule has 0 radical (unpaired) electrons. The van der Waals surface area contributed by atoms with E-state index in [1.165, 1.54) is 12.1 Å². The van der Waals surface area contributed by atoms with Gasteiger partial charge in [-0.25, -0.2) is 4.39 Å². The van der Waals surface area contributed by atoms with Gasteiger partial charge in [-0.15, -0.1) is 0 Å². The van der Waals surface area contributed by atoms with Crippen molar-refractivity contribution in [2.75, 3.05) is 0 Å². The molecule has 2 heterocycles. The normalized spacial score (nSPS) is 11.6. The van der Waals surface area contributed by atoms with Crippen molar-refractivity contribution in [3.05, 3.63) is 71.4 Å². The summed E-state index contributed by atoms with van der Waals surface area (Å²) in [6, 6.07) is 7.87. The van der Waals surface area contributed by atoms with Crippen LogP contribution in [0.3, 0.4) is 0 Å². The molecule has 1 N–H and O–H groups in total. The maximum Gasteiger partial charge on any atom is 0.141 e. The number of rotatable bonds is 5. The van der Waals surface area contributed by atoms with E-state index in [4.69, 9.17) is 0 Å². The lowest BCUT2D eigenvalue weighted by atomic mass is 9.95. The molecule has 0 fully saturated rings. The number of aliphatic hydroxyl groups excluding tert-OH is 1. The van der Waals surface area contributed by atoms with Crippen LogP contribution < -0.4 is 0 Å². The van der Waals surface area contributed by atoms with Crippen LogP contribution in [-0.2, 0) is 17.6 Å². The monoisotopic (exact) mass is 354 g/mol.